The first kappa shape index (κ1) is 15.0. The van der Waals surface area contributed by atoms with E-state index in [1.54, 1.807) is 6.07 Å². The van der Waals surface area contributed by atoms with E-state index in [0.717, 1.165) is 50.0 Å². The van der Waals surface area contributed by atoms with Gasteiger partial charge >= 0.3 is 0 Å². The number of rotatable bonds is 4. The number of fused-ring (bicyclic) bond motifs is 1. The summed E-state index contributed by atoms with van der Waals surface area (Å²) in [7, 11) is -1.36. The van der Waals surface area contributed by atoms with Gasteiger partial charge in [-0.3, -0.25) is 0 Å². The first-order chi connectivity index (χ1) is 10.1. The Hall–Kier alpha value is -0.950. The molecule has 1 aromatic carbocycles. The van der Waals surface area contributed by atoms with Crippen LogP contribution < -0.4 is 10.0 Å². The van der Waals surface area contributed by atoms with E-state index in [1.165, 1.54) is 0 Å². The molecular formula is C15H23N3O2S. The molecule has 0 aliphatic carbocycles. The lowest BCUT2D eigenvalue weighted by molar-refractivity contribution is 0.311. The van der Waals surface area contributed by atoms with Crippen molar-refractivity contribution in [3.05, 3.63) is 29.3 Å². The Morgan fingerprint density at radius 3 is 3.05 bits per heavy atom. The molecule has 0 saturated carbocycles. The topological polar surface area (TPSA) is 61.4 Å². The Morgan fingerprint density at radius 2 is 2.29 bits per heavy atom. The highest BCUT2D eigenvalue weighted by Gasteiger charge is 2.26. The number of nitrogens with zero attached hydrogens (tertiary/aromatic N) is 1. The third kappa shape index (κ3) is 3.13. The fourth-order valence-electron chi connectivity index (χ4n) is 3.27. The fraction of sp³-hybridized carbons (Fsp3) is 0.600. The summed E-state index contributed by atoms with van der Waals surface area (Å²) in [5.74, 6) is 0. The molecule has 1 saturated heterocycles. The van der Waals surface area contributed by atoms with Crippen LogP contribution in [0.15, 0.2) is 23.1 Å². The molecule has 1 aromatic rings. The van der Waals surface area contributed by atoms with Gasteiger partial charge in [-0.15, -0.1) is 0 Å². The molecule has 0 amide bonds. The van der Waals surface area contributed by atoms with Crippen LogP contribution in [0.3, 0.4) is 0 Å². The number of hydrogen-bond donors (Lipinski definition) is 2. The van der Waals surface area contributed by atoms with Crippen LogP contribution in [0.1, 0.15) is 24.0 Å². The van der Waals surface area contributed by atoms with Gasteiger partial charge in [-0.25, -0.2) is 13.1 Å². The average Bonchev–Trinajstić information content (AvgIpc) is 2.90. The van der Waals surface area contributed by atoms with Gasteiger partial charge in [-0.2, -0.15) is 0 Å². The van der Waals surface area contributed by atoms with E-state index in [1.807, 2.05) is 12.1 Å². The second-order valence-electron chi connectivity index (χ2n) is 5.95. The van der Waals surface area contributed by atoms with E-state index >= 15 is 0 Å². The van der Waals surface area contributed by atoms with Crippen molar-refractivity contribution in [1.29, 1.82) is 0 Å². The molecule has 0 radical (unpaired) electrons. The van der Waals surface area contributed by atoms with Gasteiger partial charge in [-0.1, -0.05) is 12.1 Å². The van der Waals surface area contributed by atoms with E-state index < -0.39 is 10.0 Å². The predicted molar refractivity (Wildman–Crippen MR) is 82.7 cm³/mol. The standard InChI is InChI=1S/C15H23N3O2S/c1-18-9-3-5-13(18)11-17-21(19,20)15-6-2-4-12-10-16-8-7-14(12)15/h2,4,6,13,16-17H,3,5,7-11H2,1H3. The molecule has 21 heavy (non-hydrogen) atoms. The molecule has 0 aromatic heterocycles. The summed E-state index contributed by atoms with van der Waals surface area (Å²) < 4.78 is 28.0. The van der Waals surface area contributed by atoms with E-state index in [9.17, 15) is 8.42 Å². The molecule has 116 valence electrons. The Kier molecular flexibility index (Phi) is 4.31. The van der Waals surface area contributed by atoms with Crippen molar-refractivity contribution in [2.75, 3.05) is 26.7 Å². The van der Waals surface area contributed by atoms with E-state index in [-0.39, 0.29) is 0 Å². The molecule has 0 bridgehead atoms. The van der Waals surface area contributed by atoms with Crippen molar-refractivity contribution in [1.82, 2.24) is 14.9 Å². The van der Waals surface area contributed by atoms with Crippen molar-refractivity contribution in [3.8, 4) is 0 Å². The number of hydrogen-bond acceptors (Lipinski definition) is 4. The van der Waals surface area contributed by atoms with Crippen molar-refractivity contribution >= 4 is 10.0 Å². The SMILES string of the molecule is CN1CCCC1CNS(=O)(=O)c1cccc2c1CCNC2. The first-order valence-electron chi connectivity index (χ1n) is 7.59. The molecule has 1 unspecified atom stereocenters. The smallest absolute Gasteiger partial charge is 0.240 e. The number of likely N-dealkylation sites (tertiary alicyclic amines) is 1. The maximum Gasteiger partial charge on any atom is 0.240 e. The van der Waals surface area contributed by atoms with Gasteiger partial charge in [0.1, 0.15) is 0 Å². The van der Waals surface area contributed by atoms with Crippen LogP contribution in [0, 0.1) is 0 Å². The van der Waals surface area contributed by atoms with Crippen LogP contribution in [-0.4, -0.2) is 46.0 Å². The van der Waals surface area contributed by atoms with E-state index in [0.29, 0.717) is 17.5 Å². The van der Waals surface area contributed by atoms with Crippen molar-refractivity contribution in [2.45, 2.75) is 36.7 Å². The minimum absolute atomic E-state index is 0.320. The largest absolute Gasteiger partial charge is 0.312 e. The number of benzene rings is 1. The van der Waals surface area contributed by atoms with Gasteiger partial charge in [0.15, 0.2) is 0 Å². The molecule has 2 aliphatic rings. The van der Waals surface area contributed by atoms with Crippen LogP contribution in [0.25, 0.3) is 0 Å². The average molecular weight is 309 g/mol. The molecule has 0 spiro atoms. The highest BCUT2D eigenvalue weighted by Crippen LogP contribution is 2.23. The van der Waals surface area contributed by atoms with Gasteiger partial charge in [0.2, 0.25) is 10.0 Å². The molecule has 2 N–H and O–H groups in total. The summed E-state index contributed by atoms with van der Waals surface area (Å²) in [6.07, 6.45) is 2.99. The Balaban J connectivity index is 1.78. The molecular weight excluding hydrogens is 286 g/mol. The second-order valence-corrected chi connectivity index (χ2v) is 7.68. The zero-order chi connectivity index (χ0) is 14.9. The van der Waals surface area contributed by atoms with E-state index in [2.05, 4.69) is 22.0 Å². The maximum atomic E-state index is 12.6. The van der Waals surface area contributed by atoms with Gasteiger partial charge in [-0.05, 0) is 56.6 Å². The molecule has 5 nitrogen and oxygen atoms in total. The molecule has 2 aliphatic heterocycles. The quantitative estimate of drug-likeness (QED) is 0.860. The summed E-state index contributed by atoms with van der Waals surface area (Å²) in [6, 6.07) is 5.89. The molecule has 1 fully saturated rings. The fourth-order valence-corrected chi connectivity index (χ4v) is 4.65. The normalized spacial score (nSPS) is 23.2. The summed E-state index contributed by atoms with van der Waals surface area (Å²) >= 11 is 0. The summed E-state index contributed by atoms with van der Waals surface area (Å²) in [5.41, 5.74) is 2.07. The lowest BCUT2D eigenvalue weighted by atomic mass is 10.0. The molecule has 6 heteroatoms. The minimum Gasteiger partial charge on any atom is -0.312 e. The summed E-state index contributed by atoms with van der Waals surface area (Å²) in [5, 5.41) is 3.28. The zero-order valence-electron chi connectivity index (χ0n) is 12.4. The molecule has 3 rings (SSSR count). The lowest BCUT2D eigenvalue weighted by Crippen LogP contribution is -2.38. The Morgan fingerprint density at radius 1 is 1.43 bits per heavy atom. The minimum atomic E-state index is -3.42. The van der Waals surface area contributed by atoms with Crippen molar-refractivity contribution in [2.24, 2.45) is 0 Å². The monoisotopic (exact) mass is 309 g/mol. The van der Waals surface area contributed by atoms with Crippen molar-refractivity contribution < 1.29 is 8.42 Å². The third-order valence-electron chi connectivity index (χ3n) is 4.57. The van der Waals surface area contributed by atoms with Gasteiger partial charge in [0, 0.05) is 19.1 Å². The van der Waals surface area contributed by atoms with Gasteiger partial charge < -0.3 is 10.2 Å². The highest BCUT2D eigenvalue weighted by atomic mass is 32.2. The van der Waals surface area contributed by atoms with Crippen LogP contribution in [0.4, 0.5) is 0 Å². The lowest BCUT2D eigenvalue weighted by Gasteiger charge is -2.22. The van der Waals surface area contributed by atoms with Crippen LogP contribution in [0.5, 0.6) is 0 Å². The zero-order valence-corrected chi connectivity index (χ0v) is 13.2. The van der Waals surface area contributed by atoms with Crippen molar-refractivity contribution in [3.63, 3.8) is 0 Å². The number of nitrogens with one attached hydrogen (secondary N) is 2. The predicted octanol–water partition coefficient (Wildman–Crippen LogP) is 0.705. The molecule has 1 atom stereocenters. The van der Waals surface area contributed by atoms with Crippen LogP contribution >= 0.6 is 0 Å². The maximum absolute atomic E-state index is 12.6. The van der Waals surface area contributed by atoms with Gasteiger partial charge in [0.25, 0.3) is 0 Å². The Labute approximate surface area is 126 Å². The highest BCUT2D eigenvalue weighted by molar-refractivity contribution is 7.89. The number of sulfonamides is 1. The van der Waals surface area contributed by atoms with Crippen LogP contribution in [-0.2, 0) is 23.0 Å². The van der Waals surface area contributed by atoms with E-state index in [4.69, 9.17) is 0 Å². The summed E-state index contributed by atoms with van der Waals surface area (Å²) in [6.45, 7) is 3.15. The second kappa shape index (κ2) is 6.04. The summed E-state index contributed by atoms with van der Waals surface area (Å²) in [4.78, 5) is 2.69. The molecule has 2 heterocycles. The third-order valence-corrected chi connectivity index (χ3v) is 6.08. The number of likely N-dealkylation sites (N-methyl/N-ethyl adjacent to an activating group) is 1. The first-order valence-corrected chi connectivity index (χ1v) is 9.07. The van der Waals surface area contributed by atoms with Crippen LogP contribution in [0.2, 0.25) is 0 Å². The Bertz CT molecular complexity index is 615. The van der Waals surface area contributed by atoms with Gasteiger partial charge in [0.05, 0.1) is 4.90 Å².